The first-order valence-corrected chi connectivity index (χ1v) is 7.22. The zero-order valence-electron chi connectivity index (χ0n) is 12.6. The Labute approximate surface area is 124 Å². The van der Waals surface area contributed by atoms with Gasteiger partial charge in [-0.15, -0.1) is 0 Å². The van der Waals surface area contributed by atoms with Gasteiger partial charge in [0.15, 0.2) is 0 Å². The molecular weight excluding hydrogens is 266 g/mol. The van der Waals surface area contributed by atoms with E-state index in [-0.39, 0.29) is 5.76 Å². The molecule has 1 saturated carbocycles. The lowest BCUT2D eigenvalue weighted by molar-refractivity contribution is 0.00369. The number of nitrogens with zero attached hydrogens (tertiary/aromatic N) is 1. The second kappa shape index (κ2) is 5.02. The minimum atomic E-state index is -0.546. The number of aromatic nitrogens is 1. The number of carbonyl (C=O) groups is 1. The fourth-order valence-electron chi connectivity index (χ4n) is 2.14. The summed E-state index contributed by atoms with van der Waals surface area (Å²) in [6.45, 7) is 5.45. The van der Waals surface area contributed by atoms with E-state index < -0.39 is 11.6 Å². The average molecular weight is 285 g/mol. The van der Waals surface area contributed by atoms with Crippen molar-refractivity contribution in [2.75, 3.05) is 0 Å². The molecule has 0 aliphatic heterocycles. The molecule has 0 N–H and O–H groups in total. The predicted molar refractivity (Wildman–Crippen MR) is 79.1 cm³/mol. The van der Waals surface area contributed by atoms with Crippen LogP contribution in [-0.4, -0.2) is 16.6 Å². The molecule has 21 heavy (non-hydrogen) atoms. The number of hydrogen-bond donors (Lipinski definition) is 0. The van der Waals surface area contributed by atoms with Crippen molar-refractivity contribution in [3.63, 3.8) is 0 Å². The summed E-state index contributed by atoms with van der Waals surface area (Å²) in [5.41, 5.74) is 1.68. The first kappa shape index (κ1) is 13.9. The molecule has 1 aliphatic rings. The fraction of sp³-hybridized carbons (Fsp3) is 0.412. The third kappa shape index (κ3) is 3.32. The van der Waals surface area contributed by atoms with Gasteiger partial charge in [-0.1, -0.05) is 12.1 Å². The third-order valence-corrected chi connectivity index (χ3v) is 3.31. The van der Waals surface area contributed by atoms with Crippen molar-refractivity contribution in [1.29, 1.82) is 0 Å². The van der Waals surface area contributed by atoms with Gasteiger partial charge in [0.1, 0.15) is 5.60 Å². The number of carbonyl (C=O) groups excluding carboxylic acids is 1. The Morgan fingerprint density at radius 2 is 1.90 bits per heavy atom. The van der Waals surface area contributed by atoms with Crippen LogP contribution >= 0.6 is 0 Å². The van der Waals surface area contributed by atoms with Gasteiger partial charge in [0.05, 0.1) is 6.20 Å². The van der Waals surface area contributed by atoms with Crippen LogP contribution < -0.4 is 0 Å². The summed E-state index contributed by atoms with van der Waals surface area (Å²) in [5.74, 6) is 0.807. The zero-order valence-corrected chi connectivity index (χ0v) is 12.6. The number of hydrogen-bond acceptors (Lipinski definition) is 4. The number of oxazole rings is 1. The van der Waals surface area contributed by atoms with E-state index >= 15 is 0 Å². The van der Waals surface area contributed by atoms with Gasteiger partial charge in [-0.2, -0.15) is 0 Å². The second-order valence-corrected chi connectivity index (χ2v) is 6.43. The van der Waals surface area contributed by atoms with E-state index in [0.717, 1.165) is 11.5 Å². The molecule has 0 bridgehead atoms. The van der Waals surface area contributed by atoms with E-state index in [4.69, 9.17) is 9.15 Å². The molecule has 110 valence electrons. The van der Waals surface area contributed by atoms with Crippen molar-refractivity contribution in [3.8, 4) is 11.5 Å². The van der Waals surface area contributed by atoms with Gasteiger partial charge in [-0.3, -0.25) is 0 Å². The SMILES string of the molecule is CC(C)(C)OC(=O)c1cnc(-c2ccc(C3CC3)cc2)o1. The summed E-state index contributed by atoms with van der Waals surface area (Å²) in [6.07, 6.45) is 3.97. The van der Waals surface area contributed by atoms with Gasteiger partial charge < -0.3 is 9.15 Å². The minimum Gasteiger partial charge on any atom is -0.454 e. The number of esters is 1. The molecule has 2 aromatic rings. The molecule has 1 aromatic carbocycles. The van der Waals surface area contributed by atoms with E-state index in [1.165, 1.54) is 24.6 Å². The molecule has 0 saturated heterocycles. The zero-order chi connectivity index (χ0) is 15.0. The summed E-state index contributed by atoms with van der Waals surface area (Å²) < 4.78 is 10.8. The Morgan fingerprint density at radius 1 is 1.24 bits per heavy atom. The van der Waals surface area contributed by atoms with Crippen LogP contribution in [0.5, 0.6) is 0 Å². The molecule has 1 heterocycles. The highest BCUT2D eigenvalue weighted by atomic mass is 16.6. The molecule has 0 amide bonds. The molecule has 0 unspecified atom stereocenters. The summed E-state index contributed by atoms with van der Waals surface area (Å²) in [5, 5.41) is 0. The Balaban J connectivity index is 1.76. The predicted octanol–water partition coefficient (Wildman–Crippen LogP) is 4.17. The van der Waals surface area contributed by atoms with Crippen LogP contribution in [0, 0.1) is 0 Å². The highest BCUT2D eigenvalue weighted by Gasteiger charge is 2.24. The van der Waals surface area contributed by atoms with Gasteiger partial charge >= 0.3 is 5.97 Å². The lowest BCUT2D eigenvalue weighted by Crippen LogP contribution is -2.23. The standard InChI is InChI=1S/C17H19NO3/c1-17(2,3)21-16(19)14-10-18-15(20-14)13-8-6-12(7-9-13)11-4-5-11/h6-11H,4-5H2,1-3H3. The van der Waals surface area contributed by atoms with Gasteiger partial charge in [0.2, 0.25) is 11.7 Å². The quantitative estimate of drug-likeness (QED) is 0.794. The van der Waals surface area contributed by atoms with Crippen molar-refractivity contribution in [2.24, 2.45) is 0 Å². The van der Waals surface area contributed by atoms with Crippen LogP contribution in [0.15, 0.2) is 34.9 Å². The van der Waals surface area contributed by atoms with E-state index in [1.54, 1.807) is 0 Å². The van der Waals surface area contributed by atoms with Gasteiger partial charge in [-0.25, -0.2) is 9.78 Å². The van der Waals surface area contributed by atoms with E-state index in [0.29, 0.717) is 5.89 Å². The van der Waals surface area contributed by atoms with E-state index in [1.807, 2.05) is 32.9 Å². The summed E-state index contributed by atoms with van der Waals surface area (Å²) in [7, 11) is 0. The van der Waals surface area contributed by atoms with Crippen molar-refractivity contribution in [2.45, 2.75) is 45.1 Å². The Bertz CT molecular complexity index is 645. The van der Waals surface area contributed by atoms with Crippen molar-refractivity contribution in [1.82, 2.24) is 4.98 Å². The normalized spacial score (nSPS) is 15.0. The molecule has 0 atom stereocenters. The first-order chi connectivity index (χ1) is 9.92. The Morgan fingerprint density at radius 3 is 2.48 bits per heavy atom. The topological polar surface area (TPSA) is 52.3 Å². The highest BCUT2D eigenvalue weighted by molar-refractivity contribution is 5.86. The molecule has 0 spiro atoms. The van der Waals surface area contributed by atoms with E-state index in [2.05, 4.69) is 17.1 Å². The van der Waals surface area contributed by atoms with Crippen LogP contribution in [0.2, 0.25) is 0 Å². The molecule has 1 aliphatic carbocycles. The molecule has 1 aromatic heterocycles. The second-order valence-electron chi connectivity index (χ2n) is 6.43. The van der Waals surface area contributed by atoms with Crippen molar-refractivity contribution >= 4 is 5.97 Å². The maximum atomic E-state index is 11.9. The monoisotopic (exact) mass is 285 g/mol. The fourth-order valence-corrected chi connectivity index (χ4v) is 2.14. The summed E-state index contributed by atoms with van der Waals surface area (Å²) in [4.78, 5) is 16.1. The molecule has 3 rings (SSSR count). The average Bonchev–Trinajstić information content (AvgIpc) is 3.14. The molecule has 0 radical (unpaired) electrons. The molecule has 4 heteroatoms. The lowest BCUT2D eigenvalue weighted by atomic mass is 10.1. The molecule has 1 fully saturated rings. The summed E-state index contributed by atoms with van der Waals surface area (Å²) in [6, 6.07) is 8.17. The smallest absolute Gasteiger partial charge is 0.376 e. The van der Waals surface area contributed by atoms with Crippen LogP contribution in [0.1, 0.15) is 55.6 Å². The first-order valence-electron chi connectivity index (χ1n) is 7.22. The summed E-state index contributed by atoms with van der Waals surface area (Å²) >= 11 is 0. The number of rotatable bonds is 3. The van der Waals surface area contributed by atoms with Crippen LogP contribution in [0.25, 0.3) is 11.5 Å². The van der Waals surface area contributed by atoms with Crippen molar-refractivity contribution in [3.05, 3.63) is 41.8 Å². The van der Waals surface area contributed by atoms with Crippen molar-refractivity contribution < 1.29 is 13.9 Å². The Hall–Kier alpha value is -2.10. The van der Waals surface area contributed by atoms with Gasteiger partial charge in [0, 0.05) is 5.56 Å². The van der Waals surface area contributed by atoms with Gasteiger partial charge in [0.25, 0.3) is 0 Å². The van der Waals surface area contributed by atoms with Crippen LogP contribution in [0.4, 0.5) is 0 Å². The Kier molecular flexibility index (Phi) is 3.32. The van der Waals surface area contributed by atoms with Gasteiger partial charge in [-0.05, 0) is 57.2 Å². The number of benzene rings is 1. The highest BCUT2D eigenvalue weighted by Crippen LogP contribution is 2.40. The minimum absolute atomic E-state index is 0.131. The maximum Gasteiger partial charge on any atom is 0.376 e. The largest absolute Gasteiger partial charge is 0.454 e. The van der Waals surface area contributed by atoms with Crippen LogP contribution in [0.3, 0.4) is 0 Å². The molecular formula is C17H19NO3. The van der Waals surface area contributed by atoms with Crippen LogP contribution in [-0.2, 0) is 4.74 Å². The van der Waals surface area contributed by atoms with E-state index in [9.17, 15) is 4.79 Å². The lowest BCUT2D eigenvalue weighted by Gasteiger charge is -2.18. The number of ether oxygens (including phenoxy) is 1. The maximum absolute atomic E-state index is 11.9. The third-order valence-electron chi connectivity index (χ3n) is 3.31. The molecule has 4 nitrogen and oxygen atoms in total.